The maximum atomic E-state index is 12.8. The lowest BCUT2D eigenvalue weighted by molar-refractivity contribution is -0.152. The Kier molecular flexibility index (Phi) is 3.82. The third-order valence-electron chi connectivity index (χ3n) is 5.17. The molecule has 2 heterocycles. The molecule has 1 saturated carbocycles. The normalized spacial score (nSPS) is 28.3. The van der Waals surface area contributed by atoms with Crippen LogP contribution < -0.4 is 9.47 Å². The first kappa shape index (κ1) is 15.3. The van der Waals surface area contributed by atoms with Gasteiger partial charge < -0.3 is 19.5 Å². The van der Waals surface area contributed by atoms with Crippen LogP contribution in [0.2, 0.25) is 0 Å². The molecule has 128 valence electrons. The van der Waals surface area contributed by atoms with Crippen molar-refractivity contribution in [2.45, 2.75) is 37.6 Å². The number of nitrogens with zero attached hydrogens (tertiary/aromatic N) is 1. The zero-order chi connectivity index (χ0) is 16.7. The van der Waals surface area contributed by atoms with Gasteiger partial charge in [-0.05, 0) is 49.3 Å². The number of fused-ring (bicyclic) bond motifs is 1. The molecule has 2 aliphatic heterocycles. The summed E-state index contributed by atoms with van der Waals surface area (Å²) in [5.41, 5.74) is 1.07. The minimum atomic E-state index is -0.889. The molecule has 6 heteroatoms. The van der Waals surface area contributed by atoms with Crippen LogP contribution in [-0.2, 0) is 9.59 Å². The monoisotopic (exact) mass is 331 g/mol. The number of carbonyl (C=O) groups excluding carboxylic acids is 1. The number of rotatable bonds is 3. The molecule has 2 fully saturated rings. The van der Waals surface area contributed by atoms with Crippen LogP contribution >= 0.6 is 0 Å². The van der Waals surface area contributed by atoms with Gasteiger partial charge >= 0.3 is 5.97 Å². The van der Waals surface area contributed by atoms with Crippen molar-refractivity contribution in [1.82, 2.24) is 4.90 Å². The molecule has 1 aromatic rings. The van der Waals surface area contributed by atoms with Crippen LogP contribution in [0.15, 0.2) is 18.2 Å². The highest BCUT2D eigenvalue weighted by Gasteiger charge is 2.48. The number of likely N-dealkylation sites (tertiary alicyclic amines) is 1. The molecule has 0 spiro atoms. The van der Waals surface area contributed by atoms with Crippen LogP contribution in [-0.4, -0.2) is 47.7 Å². The molecule has 24 heavy (non-hydrogen) atoms. The summed E-state index contributed by atoms with van der Waals surface area (Å²) in [6.45, 7) is 1.65. The number of ether oxygens (including phenoxy) is 2. The predicted molar refractivity (Wildman–Crippen MR) is 85.3 cm³/mol. The van der Waals surface area contributed by atoms with Crippen molar-refractivity contribution >= 4 is 11.9 Å². The minimum absolute atomic E-state index is 0.0120. The Morgan fingerprint density at radius 2 is 1.92 bits per heavy atom. The fraction of sp³-hybridized carbons (Fsp3) is 0.556. The standard InChI is InChI=1S/C18H21NO5/c20-17(19-6-2-1-3-14(19)18(21)22)13-10-12(13)11-4-5-15-16(9-11)24-8-7-23-15/h4-5,9,12-14H,1-3,6-8,10H2,(H,21,22)/t12?,13?,14-/m1/s1. The number of amides is 1. The number of benzene rings is 1. The molecule has 1 amide bonds. The molecular formula is C18H21NO5. The van der Waals surface area contributed by atoms with Gasteiger partial charge in [0.2, 0.25) is 5.91 Å². The second kappa shape index (κ2) is 6.00. The van der Waals surface area contributed by atoms with Gasteiger partial charge in [0.05, 0.1) is 0 Å². The molecule has 0 bridgehead atoms. The number of piperidine rings is 1. The molecule has 2 unspecified atom stereocenters. The molecule has 0 radical (unpaired) electrons. The summed E-state index contributed by atoms with van der Waals surface area (Å²) in [6, 6.07) is 5.17. The molecule has 3 atom stereocenters. The van der Waals surface area contributed by atoms with Crippen LogP contribution in [0.1, 0.15) is 37.2 Å². The Morgan fingerprint density at radius 1 is 1.12 bits per heavy atom. The molecule has 1 N–H and O–H groups in total. The van der Waals surface area contributed by atoms with Crippen molar-refractivity contribution in [3.63, 3.8) is 0 Å². The Balaban J connectivity index is 1.47. The second-order valence-corrected chi connectivity index (χ2v) is 6.73. The highest BCUT2D eigenvalue weighted by atomic mass is 16.6. The van der Waals surface area contributed by atoms with Gasteiger partial charge in [0, 0.05) is 12.5 Å². The minimum Gasteiger partial charge on any atom is -0.486 e. The van der Waals surface area contributed by atoms with E-state index >= 15 is 0 Å². The highest BCUT2D eigenvalue weighted by Crippen LogP contribution is 2.50. The molecule has 1 aromatic carbocycles. The third kappa shape index (κ3) is 2.70. The first-order valence-electron chi connectivity index (χ1n) is 8.58. The number of carboxylic acids is 1. The quantitative estimate of drug-likeness (QED) is 0.917. The van der Waals surface area contributed by atoms with E-state index in [0.29, 0.717) is 26.2 Å². The molecule has 4 rings (SSSR count). The van der Waals surface area contributed by atoms with E-state index in [1.54, 1.807) is 4.90 Å². The highest BCUT2D eigenvalue weighted by molar-refractivity contribution is 5.88. The maximum Gasteiger partial charge on any atom is 0.326 e. The SMILES string of the molecule is O=C(O)[C@H]1CCCCN1C(=O)C1CC1c1ccc2c(c1)OCCO2. The zero-order valence-corrected chi connectivity index (χ0v) is 13.4. The summed E-state index contributed by atoms with van der Waals surface area (Å²) in [6.07, 6.45) is 3.09. The van der Waals surface area contributed by atoms with Crippen molar-refractivity contribution in [2.75, 3.05) is 19.8 Å². The average molecular weight is 331 g/mol. The first-order valence-corrected chi connectivity index (χ1v) is 8.58. The van der Waals surface area contributed by atoms with Crippen LogP contribution in [0.5, 0.6) is 11.5 Å². The number of hydrogen-bond donors (Lipinski definition) is 1. The molecule has 1 saturated heterocycles. The van der Waals surface area contributed by atoms with Gasteiger partial charge in [0.1, 0.15) is 19.3 Å². The summed E-state index contributed by atoms with van der Waals surface area (Å²) < 4.78 is 11.1. The van der Waals surface area contributed by atoms with Crippen molar-refractivity contribution in [2.24, 2.45) is 5.92 Å². The van der Waals surface area contributed by atoms with E-state index in [1.807, 2.05) is 18.2 Å². The zero-order valence-electron chi connectivity index (χ0n) is 13.4. The Bertz CT molecular complexity index is 673. The molecule has 0 aromatic heterocycles. The third-order valence-corrected chi connectivity index (χ3v) is 5.17. The van der Waals surface area contributed by atoms with E-state index in [2.05, 4.69) is 0 Å². The number of hydrogen-bond acceptors (Lipinski definition) is 4. The Hall–Kier alpha value is -2.24. The van der Waals surface area contributed by atoms with Gasteiger partial charge in [-0.15, -0.1) is 0 Å². The van der Waals surface area contributed by atoms with Gasteiger partial charge in [-0.2, -0.15) is 0 Å². The predicted octanol–water partition coefficient (Wildman–Crippen LogP) is 2.03. The van der Waals surface area contributed by atoms with Crippen molar-refractivity contribution in [3.05, 3.63) is 23.8 Å². The molecule has 3 aliphatic rings. The van der Waals surface area contributed by atoms with Gasteiger partial charge in [-0.25, -0.2) is 4.79 Å². The van der Waals surface area contributed by atoms with Crippen molar-refractivity contribution < 1.29 is 24.2 Å². The number of carboxylic acid groups (broad SMARTS) is 1. The average Bonchev–Trinajstić information content (AvgIpc) is 3.41. The number of aliphatic carboxylic acids is 1. The summed E-state index contributed by atoms with van der Waals surface area (Å²) in [4.78, 5) is 25.7. The molecule has 1 aliphatic carbocycles. The van der Waals surface area contributed by atoms with E-state index < -0.39 is 12.0 Å². The van der Waals surface area contributed by atoms with Crippen LogP contribution in [0.3, 0.4) is 0 Å². The molecule has 6 nitrogen and oxygen atoms in total. The summed E-state index contributed by atoms with van der Waals surface area (Å²) in [5, 5.41) is 9.35. The van der Waals surface area contributed by atoms with Gasteiger partial charge in [0.25, 0.3) is 0 Å². The van der Waals surface area contributed by atoms with Crippen LogP contribution in [0.25, 0.3) is 0 Å². The summed E-state index contributed by atoms with van der Waals surface area (Å²) >= 11 is 0. The smallest absolute Gasteiger partial charge is 0.326 e. The van der Waals surface area contributed by atoms with E-state index in [9.17, 15) is 14.7 Å². The molecular weight excluding hydrogens is 310 g/mol. The van der Waals surface area contributed by atoms with E-state index in [0.717, 1.165) is 36.3 Å². The lowest BCUT2D eigenvalue weighted by atomic mass is 10.0. The summed E-state index contributed by atoms with van der Waals surface area (Å²) in [5.74, 6) is 0.632. The number of carbonyl (C=O) groups is 2. The van der Waals surface area contributed by atoms with E-state index in [-0.39, 0.29) is 17.7 Å². The van der Waals surface area contributed by atoms with E-state index in [4.69, 9.17) is 9.47 Å². The van der Waals surface area contributed by atoms with Gasteiger partial charge in [0.15, 0.2) is 11.5 Å². The van der Waals surface area contributed by atoms with Gasteiger partial charge in [-0.1, -0.05) is 6.07 Å². The fourth-order valence-corrected chi connectivity index (χ4v) is 3.79. The van der Waals surface area contributed by atoms with E-state index in [1.165, 1.54) is 0 Å². The second-order valence-electron chi connectivity index (χ2n) is 6.73. The topological polar surface area (TPSA) is 76.1 Å². The summed E-state index contributed by atoms with van der Waals surface area (Å²) in [7, 11) is 0. The lowest BCUT2D eigenvalue weighted by Gasteiger charge is -2.33. The Morgan fingerprint density at radius 3 is 2.71 bits per heavy atom. The van der Waals surface area contributed by atoms with Crippen molar-refractivity contribution in [3.8, 4) is 11.5 Å². The van der Waals surface area contributed by atoms with Crippen LogP contribution in [0.4, 0.5) is 0 Å². The fourth-order valence-electron chi connectivity index (χ4n) is 3.79. The van der Waals surface area contributed by atoms with Crippen LogP contribution in [0, 0.1) is 5.92 Å². The largest absolute Gasteiger partial charge is 0.486 e. The lowest BCUT2D eigenvalue weighted by Crippen LogP contribution is -2.48. The van der Waals surface area contributed by atoms with Gasteiger partial charge in [-0.3, -0.25) is 4.79 Å². The first-order chi connectivity index (χ1) is 11.6. The Labute approximate surface area is 140 Å². The van der Waals surface area contributed by atoms with Crippen molar-refractivity contribution in [1.29, 1.82) is 0 Å². The maximum absolute atomic E-state index is 12.8.